The number of rotatable bonds is 3. The Kier molecular flexibility index (Phi) is 5.15. The lowest BCUT2D eigenvalue weighted by Gasteiger charge is -2.48. The Morgan fingerprint density at radius 2 is 1.68 bits per heavy atom. The van der Waals surface area contributed by atoms with E-state index in [0.717, 1.165) is 0 Å². The van der Waals surface area contributed by atoms with Crippen molar-refractivity contribution in [2.45, 2.75) is 24.0 Å². The van der Waals surface area contributed by atoms with E-state index in [9.17, 15) is 14.4 Å². The number of hydrogen-bond acceptors (Lipinski definition) is 7. The second kappa shape index (κ2) is 7.55. The molecule has 162 valence electrons. The first kappa shape index (κ1) is 21.1. The number of esters is 2. The molecule has 0 bridgehead atoms. The molecule has 9 heteroatoms. The van der Waals surface area contributed by atoms with Crippen LogP contribution in [0.15, 0.2) is 48.5 Å². The minimum absolute atomic E-state index is 0.101. The first-order valence-electron chi connectivity index (χ1n) is 9.61. The molecule has 1 spiro atoms. The predicted molar refractivity (Wildman–Crippen MR) is 113 cm³/mol. The average Bonchev–Trinajstić information content (AvgIpc) is 3.01. The Bertz CT molecular complexity index is 1040. The van der Waals surface area contributed by atoms with Gasteiger partial charge in [-0.2, -0.15) is 0 Å². The van der Waals surface area contributed by atoms with Crippen LogP contribution in [0, 0.1) is 0 Å². The van der Waals surface area contributed by atoms with Gasteiger partial charge in [-0.05, 0) is 30.7 Å². The summed E-state index contributed by atoms with van der Waals surface area (Å²) in [6.07, 6.45) is -0.0127. The molecule has 2 aliphatic heterocycles. The summed E-state index contributed by atoms with van der Waals surface area (Å²) in [5, 5.41) is 1.82. The number of nitrogens with zero attached hydrogens (tertiary/aromatic N) is 2. The molecule has 0 aromatic heterocycles. The smallest absolute Gasteiger partial charge is 0.352 e. The largest absolute Gasteiger partial charge is 0.466 e. The Balaban J connectivity index is 1.94. The van der Waals surface area contributed by atoms with Gasteiger partial charge in [0.2, 0.25) is 0 Å². The van der Waals surface area contributed by atoms with E-state index < -0.39 is 23.1 Å². The number of methoxy groups -OCH3 is 2. The second-order valence-corrected chi connectivity index (χ2v) is 7.85. The zero-order valence-electron chi connectivity index (χ0n) is 17.3. The highest BCUT2D eigenvalue weighted by molar-refractivity contribution is 6.31. The lowest BCUT2D eigenvalue weighted by molar-refractivity contribution is -0.204. The molecule has 2 aromatic rings. The van der Waals surface area contributed by atoms with Crippen LogP contribution >= 0.6 is 11.6 Å². The topological polar surface area (TPSA) is 85.4 Å². The van der Waals surface area contributed by atoms with Gasteiger partial charge in [0.25, 0.3) is 11.5 Å². The molecule has 31 heavy (non-hydrogen) atoms. The van der Waals surface area contributed by atoms with Crippen molar-refractivity contribution >= 4 is 40.8 Å². The summed E-state index contributed by atoms with van der Waals surface area (Å²) >= 11 is 6.18. The van der Waals surface area contributed by atoms with Gasteiger partial charge in [0.1, 0.15) is 0 Å². The third-order valence-electron chi connectivity index (χ3n) is 5.88. The van der Waals surface area contributed by atoms with Gasteiger partial charge in [0, 0.05) is 24.1 Å². The average molecular weight is 445 g/mol. The van der Waals surface area contributed by atoms with Gasteiger partial charge in [-0.1, -0.05) is 35.9 Å². The van der Waals surface area contributed by atoms with Gasteiger partial charge in [0.15, 0.2) is 5.54 Å². The molecule has 2 aliphatic rings. The number of halogens is 1. The highest BCUT2D eigenvalue weighted by atomic mass is 35.5. The number of amides is 1. The van der Waals surface area contributed by atoms with E-state index in [2.05, 4.69) is 0 Å². The maximum absolute atomic E-state index is 13.7. The standard InChI is InChI=1S/C22H21ClN2O6/c1-24-17-13-14(23)9-10-16(17)21(18(24)26)11-12-22(19(27)29-2,20(28)30-3)31-25(21)15-7-5-4-6-8-15/h4-10,13H,11-12H2,1-3H3. The Morgan fingerprint density at radius 1 is 1.03 bits per heavy atom. The highest BCUT2D eigenvalue weighted by Gasteiger charge is 2.65. The molecule has 2 aromatic carbocycles. The number of carbonyl (C=O) groups excluding carboxylic acids is 3. The zero-order valence-corrected chi connectivity index (χ0v) is 18.0. The summed E-state index contributed by atoms with van der Waals surface area (Å²) in [6, 6.07) is 14.0. The molecule has 0 N–H and O–H groups in total. The summed E-state index contributed by atoms with van der Waals surface area (Å²) in [6.45, 7) is 0. The fraction of sp³-hybridized carbons (Fsp3) is 0.318. The summed E-state index contributed by atoms with van der Waals surface area (Å²) in [5.41, 5.74) is -1.56. The molecule has 1 unspecified atom stereocenters. The number of anilines is 2. The van der Waals surface area contributed by atoms with E-state index in [-0.39, 0.29) is 18.7 Å². The summed E-state index contributed by atoms with van der Waals surface area (Å²) in [7, 11) is 3.98. The number of carbonyl (C=O) groups is 3. The number of hydroxylamine groups is 1. The zero-order chi connectivity index (χ0) is 22.4. The minimum atomic E-state index is -2.04. The lowest BCUT2D eigenvalue weighted by atomic mass is 9.80. The molecule has 1 atom stereocenters. The molecule has 1 saturated heterocycles. The van der Waals surface area contributed by atoms with E-state index in [0.29, 0.717) is 22.0 Å². The predicted octanol–water partition coefficient (Wildman–Crippen LogP) is 2.83. The van der Waals surface area contributed by atoms with Crippen molar-refractivity contribution in [3.05, 3.63) is 59.1 Å². The SMILES string of the molecule is COC(=O)C1(C(=O)OC)CCC2(C(=O)N(C)c3cc(Cl)ccc32)N(c2ccccc2)O1. The van der Waals surface area contributed by atoms with E-state index in [4.69, 9.17) is 25.9 Å². The lowest BCUT2D eigenvalue weighted by Crippen LogP contribution is -2.65. The summed E-state index contributed by atoms with van der Waals surface area (Å²) < 4.78 is 9.76. The van der Waals surface area contributed by atoms with Crippen LogP contribution in [0.4, 0.5) is 11.4 Å². The van der Waals surface area contributed by atoms with Crippen molar-refractivity contribution in [1.29, 1.82) is 0 Å². The van der Waals surface area contributed by atoms with Gasteiger partial charge in [-0.3, -0.25) is 4.79 Å². The fourth-order valence-corrected chi connectivity index (χ4v) is 4.50. The summed E-state index contributed by atoms with van der Waals surface area (Å²) in [4.78, 5) is 46.7. The third kappa shape index (κ3) is 2.90. The maximum Gasteiger partial charge on any atom is 0.352 e. The van der Waals surface area contributed by atoms with Crippen molar-refractivity contribution < 1.29 is 28.7 Å². The van der Waals surface area contributed by atoms with E-state index in [1.54, 1.807) is 49.5 Å². The number of hydrogen-bond donors (Lipinski definition) is 0. The number of likely N-dealkylation sites (N-methyl/N-ethyl adjacent to an activating group) is 1. The number of ether oxygens (including phenoxy) is 2. The van der Waals surface area contributed by atoms with Gasteiger partial charge in [-0.15, -0.1) is 0 Å². The Labute approximate surface area is 184 Å². The fourth-order valence-electron chi connectivity index (χ4n) is 4.34. The van der Waals surface area contributed by atoms with Crippen LogP contribution in [0.1, 0.15) is 18.4 Å². The number of benzene rings is 2. The maximum atomic E-state index is 13.7. The first-order chi connectivity index (χ1) is 14.8. The van der Waals surface area contributed by atoms with Gasteiger partial charge >= 0.3 is 11.9 Å². The van der Waals surface area contributed by atoms with Crippen molar-refractivity contribution in [2.24, 2.45) is 0 Å². The molecule has 1 amide bonds. The molecule has 2 heterocycles. The van der Waals surface area contributed by atoms with Crippen LogP contribution in [0.3, 0.4) is 0 Å². The molecular formula is C22H21ClN2O6. The highest BCUT2D eigenvalue weighted by Crippen LogP contribution is 2.53. The number of para-hydroxylation sites is 1. The van der Waals surface area contributed by atoms with E-state index in [1.807, 2.05) is 6.07 Å². The first-order valence-corrected chi connectivity index (χ1v) is 9.99. The molecular weight excluding hydrogens is 424 g/mol. The monoisotopic (exact) mass is 444 g/mol. The van der Waals surface area contributed by atoms with Gasteiger partial charge < -0.3 is 14.4 Å². The van der Waals surface area contributed by atoms with Gasteiger partial charge in [-0.25, -0.2) is 19.5 Å². The van der Waals surface area contributed by atoms with Crippen molar-refractivity contribution in [3.8, 4) is 0 Å². The second-order valence-electron chi connectivity index (χ2n) is 7.42. The van der Waals surface area contributed by atoms with Crippen molar-refractivity contribution in [1.82, 2.24) is 0 Å². The summed E-state index contributed by atoms with van der Waals surface area (Å²) in [5.74, 6) is -2.06. The van der Waals surface area contributed by atoms with Crippen molar-refractivity contribution in [2.75, 3.05) is 31.2 Å². The Hall–Kier alpha value is -3.10. The molecule has 0 aliphatic carbocycles. The Morgan fingerprint density at radius 3 is 2.29 bits per heavy atom. The van der Waals surface area contributed by atoms with Crippen LogP contribution in [-0.4, -0.2) is 44.7 Å². The minimum Gasteiger partial charge on any atom is -0.466 e. The number of fused-ring (bicyclic) bond motifs is 2. The quantitative estimate of drug-likeness (QED) is 0.531. The van der Waals surface area contributed by atoms with Gasteiger partial charge in [0.05, 0.1) is 25.6 Å². The molecule has 0 radical (unpaired) electrons. The normalized spacial score (nSPS) is 21.7. The molecule has 8 nitrogen and oxygen atoms in total. The third-order valence-corrected chi connectivity index (χ3v) is 6.11. The van der Waals surface area contributed by atoms with Crippen LogP contribution in [0.2, 0.25) is 5.02 Å². The van der Waals surface area contributed by atoms with Crippen LogP contribution in [0.25, 0.3) is 0 Å². The van der Waals surface area contributed by atoms with Crippen LogP contribution in [-0.2, 0) is 34.2 Å². The van der Waals surface area contributed by atoms with E-state index >= 15 is 0 Å². The molecule has 4 rings (SSSR count). The van der Waals surface area contributed by atoms with E-state index in [1.165, 1.54) is 24.2 Å². The van der Waals surface area contributed by atoms with Crippen molar-refractivity contribution in [3.63, 3.8) is 0 Å². The molecule has 0 saturated carbocycles. The van der Waals surface area contributed by atoms with Crippen LogP contribution in [0.5, 0.6) is 0 Å². The molecule has 1 fully saturated rings. The van der Waals surface area contributed by atoms with Crippen LogP contribution < -0.4 is 9.96 Å².